The van der Waals surface area contributed by atoms with Crippen molar-refractivity contribution in [3.8, 4) is 17.1 Å². The Hall–Kier alpha value is -2.30. The lowest BCUT2D eigenvalue weighted by molar-refractivity contribution is 0.0929. The van der Waals surface area contributed by atoms with Crippen molar-refractivity contribution in [2.75, 3.05) is 0 Å². The molecular formula is C15H16N2O3. The van der Waals surface area contributed by atoms with E-state index in [1.807, 2.05) is 0 Å². The Kier molecular flexibility index (Phi) is 3.41. The van der Waals surface area contributed by atoms with Crippen molar-refractivity contribution in [2.45, 2.75) is 31.7 Å². The molecule has 104 valence electrons. The monoisotopic (exact) mass is 272 g/mol. The van der Waals surface area contributed by atoms with E-state index in [0.29, 0.717) is 11.5 Å². The van der Waals surface area contributed by atoms with Gasteiger partial charge in [0.1, 0.15) is 5.75 Å². The van der Waals surface area contributed by atoms with Gasteiger partial charge in [0.2, 0.25) is 0 Å². The molecular weight excluding hydrogens is 256 g/mol. The van der Waals surface area contributed by atoms with E-state index in [9.17, 15) is 9.90 Å². The molecule has 1 saturated carbocycles. The van der Waals surface area contributed by atoms with Crippen LogP contribution >= 0.6 is 0 Å². The number of benzene rings is 1. The minimum absolute atomic E-state index is 0.187. The van der Waals surface area contributed by atoms with Crippen molar-refractivity contribution < 1.29 is 14.4 Å². The van der Waals surface area contributed by atoms with Crippen LogP contribution in [0.4, 0.5) is 0 Å². The molecule has 0 spiro atoms. The van der Waals surface area contributed by atoms with Gasteiger partial charge in [-0.3, -0.25) is 4.79 Å². The number of nitrogens with one attached hydrogen (secondary N) is 1. The highest BCUT2D eigenvalue weighted by Crippen LogP contribution is 2.23. The van der Waals surface area contributed by atoms with E-state index in [4.69, 9.17) is 4.52 Å². The maximum Gasteiger partial charge on any atom is 0.273 e. The van der Waals surface area contributed by atoms with Crippen molar-refractivity contribution >= 4 is 5.91 Å². The SMILES string of the molecule is O=C(NC1CCCC1)c1cc(-c2ccc(O)cc2)on1. The van der Waals surface area contributed by atoms with Crippen LogP contribution in [-0.4, -0.2) is 22.2 Å². The molecule has 1 heterocycles. The van der Waals surface area contributed by atoms with Crippen LogP contribution in [0.1, 0.15) is 36.2 Å². The first kappa shape index (κ1) is 12.7. The minimum atomic E-state index is -0.189. The predicted octanol–water partition coefficient (Wildman–Crippen LogP) is 2.72. The second kappa shape index (κ2) is 5.36. The Balaban J connectivity index is 1.72. The molecule has 2 N–H and O–H groups in total. The predicted molar refractivity (Wildman–Crippen MR) is 73.3 cm³/mol. The molecule has 1 aliphatic carbocycles. The van der Waals surface area contributed by atoms with Crippen LogP contribution in [0.5, 0.6) is 5.75 Å². The fraction of sp³-hybridized carbons (Fsp3) is 0.333. The standard InChI is InChI=1S/C15H16N2O3/c18-12-7-5-10(6-8-12)14-9-13(17-20-14)15(19)16-11-3-1-2-4-11/h5-9,11,18H,1-4H2,(H,16,19). The van der Waals surface area contributed by atoms with E-state index < -0.39 is 0 Å². The van der Waals surface area contributed by atoms with Gasteiger partial charge in [-0.15, -0.1) is 0 Å². The van der Waals surface area contributed by atoms with Gasteiger partial charge in [-0.1, -0.05) is 18.0 Å². The maximum absolute atomic E-state index is 12.0. The number of aromatic hydroxyl groups is 1. The molecule has 1 aliphatic rings. The number of hydrogen-bond donors (Lipinski definition) is 2. The largest absolute Gasteiger partial charge is 0.508 e. The molecule has 1 fully saturated rings. The molecule has 0 aliphatic heterocycles. The van der Waals surface area contributed by atoms with E-state index >= 15 is 0 Å². The fourth-order valence-corrected chi connectivity index (χ4v) is 2.47. The van der Waals surface area contributed by atoms with E-state index in [1.54, 1.807) is 30.3 Å². The van der Waals surface area contributed by atoms with Gasteiger partial charge in [-0.25, -0.2) is 0 Å². The molecule has 5 heteroatoms. The Morgan fingerprint density at radius 1 is 1.25 bits per heavy atom. The van der Waals surface area contributed by atoms with Crippen molar-refractivity contribution in [1.29, 1.82) is 0 Å². The van der Waals surface area contributed by atoms with E-state index in [1.165, 1.54) is 12.8 Å². The highest BCUT2D eigenvalue weighted by atomic mass is 16.5. The molecule has 0 radical (unpaired) electrons. The van der Waals surface area contributed by atoms with Gasteiger partial charge in [0.15, 0.2) is 11.5 Å². The molecule has 5 nitrogen and oxygen atoms in total. The minimum Gasteiger partial charge on any atom is -0.508 e. The van der Waals surface area contributed by atoms with E-state index in [0.717, 1.165) is 18.4 Å². The third kappa shape index (κ3) is 2.66. The summed E-state index contributed by atoms with van der Waals surface area (Å²) in [5.74, 6) is 0.514. The Labute approximate surface area is 116 Å². The van der Waals surface area contributed by atoms with Crippen LogP contribution < -0.4 is 5.32 Å². The first-order valence-corrected chi connectivity index (χ1v) is 6.79. The van der Waals surface area contributed by atoms with Crippen LogP contribution in [0.25, 0.3) is 11.3 Å². The molecule has 20 heavy (non-hydrogen) atoms. The van der Waals surface area contributed by atoms with E-state index in [2.05, 4.69) is 10.5 Å². The first-order chi connectivity index (χ1) is 9.72. The third-order valence-electron chi connectivity index (χ3n) is 3.59. The highest BCUT2D eigenvalue weighted by Gasteiger charge is 2.20. The molecule has 0 unspecified atom stereocenters. The number of phenols is 1. The van der Waals surface area contributed by atoms with Gasteiger partial charge in [-0.2, -0.15) is 0 Å². The second-order valence-electron chi connectivity index (χ2n) is 5.08. The molecule has 2 aromatic rings. The highest BCUT2D eigenvalue weighted by molar-refractivity contribution is 5.93. The van der Waals surface area contributed by atoms with Crippen LogP contribution in [0.15, 0.2) is 34.9 Å². The zero-order valence-corrected chi connectivity index (χ0v) is 11.0. The van der Waals surface area contributed by atoms with Crippen molar-refractivity contribution in [3.63, 3.8) is 0 Å². The van der Waals surface area contributed by atoms with Gasteiger partial charge >= 0.3 is 0 Å². The Bertz CT molecular complexity index is 598. The number of rotatable bonds is 3. The molecule has 0 atom stereocenters. The molecule has 1 aromatic carbocycles. The van der Waals surface area contributed by atoms with Gasteiger partial charge in [0, 0.05) is 17.7 Å². The lowest BCUT2D eigenvalue weighted by atomic mass is 10.1. The summed E-state index contributed by atoms with van der Waals surface area (Å²) in [5.41, 5.74) is 1.06. The summed E-state index contributed by atoms with van der Waals surface area (Å²) in [6.45, 7) is 0. The Morgan fingerprint density at radius 2 is 1.95 bits per heavy atom. The topological polar surface area (TPSA) is 75.4 Å². The second-order valence-corrected chi connectivity index (χ2v) is 5.08. The van der Waals surface area contributed by atoms with Gasteiger partial charge in [-0.05, 0) is 37.1 Å². The van der Waals surface area contributed by atoms with Crippen LogP contribution in [0, 0.1) is 0 Å². The lowest BCUT2D eigenvalue weighted by Gasteiger charge is -2.09. The lowest BCUT2D eigenvalue weighted by Crippen LogP contribution is -2.32. The van der Waals surface area contributed by atoms with Gasteiger partial charge < -0.3 is 14.9 Å². The van der Waals surface area contributed by atoms with Crippen LogP contribution in [0.2, 0.25) is 0 Å². The van der Waals surface area contributed by atoms with Crippen molar-refractivity contribution in [3.05, 3.63) is 36.0 Å². The summed E-state index contributed by atoms with van der Waals surface area (Å²) >= 11 is 0. The number of carbonyl (C=O) groups excluding carboxylic acids is 1. The number of phenolic OH excluding ortho intramolecular Hbond substituents is 1. The molecule has 1 aromatic heterocycles. The summed E-state index contributed by atoms with van der Waals surface area (Å²) in [6, 6.07) is 8.45. The molecule has 1 amide bonds. The maximum atomic E-state index is 12.0. The van der Waals surface area contributed by atoms with Crippen LogP contribution in [-0.2, 0) is 0 Å². The summed E-state index contributed by atoms with van der Waals surface area (Å²) in [7, 11) is 0. The average Bonchev–Trinajstić information content (AvgIpc) is 3.10. The summed E-state index contributed by atoms with van der Waals surface area (Å²) < 4.78 is 5.18. The smallest absolute Gasteiger partial charge is 0.273 e. The van der Waals surface area contributed by atoms with Gasteiger partial charge in [0.25, 0.3) is 5.91 Å². The quantitative estimate of drug-likeness (QED) is 0.900. The fourth-order valence-electron chi connectivity index (χ4n) is 2.47. The van der Waals surface area contributed by atoms with E-state index in [-0.39, 0.29) is 17.7 Å². The normalized spacial score (nSPS) is 15.4. The van der Waals surface area contributed by atoms with Gasteiger partial charge in [0.05, 0.1) is 0 Å². The Morgan fingerprint density at radius 3 is 2.65 bits per heavy atom. The van der Waals surface area contributed by atoms with Crippen molar-refractivity contribution in [1.82, 2.24) is 10.5 Å². The van der Waals surface area contributed by atoms with Crippen molar-refractivity contribution in [2.24, 2.45) is 0 Å². The molecule has 0 saturated heterocycles. The number of hydrogen-bond acceptors (Lipinski definition) is 4. The summed E-state index contributed by atoms with van der Waals surface area (Å²) in [5, 5.41) is 16.0. The number of nitrogens with zero attached hydrogens (tertiary/aromatic N) is 1. The third-order valence-corrected chi connectivity index (χ3v) is 3.59. The summed E-state index contributed by atoms with van der Waals surface area (Å²) in [4.78, 5) is 12.0. The summed E-state index contributed by atoms with van der Waals surface area (Å²) in [6.07, 6.45) is 4.41. The zero-order chi connectivity index (χ0) is 13.9. The number of carbonyl (C=O) groups is 1. The number of aromatic nitrogens is 1. The average molecular weight is 272 g/mol. The zero-order valence-electron chi connectivity index (χ0n) is 11.0. The van der Waals surface area contributed by atoms with Crippen LogP contribution in [0.3, 0.4) is 0 Å². The first-order valence-electron chi connectivity index (χ1n) is 6.79. The molecule has 3 rings (SSSR count). The number of amides is 1. The molecule has 0 bridgehead atoms.